The van der Waals surface area contributed by atoms with E-state index < -0.39 is 0 Å². The van der Waals surface area contributed by atoms with Crippen LogP contribution in [0, 0.1) is 0 Å². The minimum absolute atomic E-state index is 0.246. The van der Waals surface area contributed by atoms with Crippen molar-refractivity contribution in [3.63, 3.8) is 0 Å². The van der Waals surface area contributed by atoms with Gasteiger partial charge in [0.2, 0.25) is 0 Å². The van der Waals surface area contributed by atoms with E-state index in [1.807, 2.05) is 30.5 Å². The van der Waals surface area contributed by atoms with Gasteiger partial charge in [-0.1, -0.05) is 30.3 Å². The Morgan fingerprint density at radius 3 is 2.39 bits per heavy atom. The molecule has 2 aromatic carbocycles. The number of hydrogen-bond donors (Lipinski definition) is 2. The third-order valence-corrected chi connectivity index (χ3v) is 4.17. The summed E-state index contributed by atoms with van der Waals surface area (Å²) in [6.07, 6.45) is 2.55. The molecular weight excluding hydrogens is 290 g/mol. The first-order valence-corrected chi connectivity index (χ1v) is 7.51. The molecule has 0 aliphatic rings. The Kier molecular flexibility index (Phi) is 3.12. The lowest BCUT2D eigenvalue weighted by Crippen LogP contribution is -2.35. The van der Waals surface area contributed by atoms with Gasteiger partial charge < -0.3 is 9.97 Å². The predicted molar refractivity (Wildman–Crippen MR) is 90.8 cm³/mol. The number of aromatic amines is 2. The second-order valence-electron chi connectivity index (χ2n) is 5.54. The van der Waals surface area contributed by atoms with Crippen molar-refractivity contribution >= 4 is 21.8 Å². The number of hydrogen-bond acceptors (Lipinski definition) is 2. The molecule has 0 radical (unpaired) electrons. The molecule has 114 valence electrons. The van der Waals surface area contributed by atoms with Crippen molar-refractivity contribution in [3.05, 3.63) is 81.1 Å². The SMILES string of the molecule is O=c1[nH]c2ccccc2c(=O)n1CCc1c[nH]c2ccccc12. The molecule has 5 nitrogen and oxygen atoms in total. The molecule has 0 amide bonds. The van der Waals surface area contributed by atoms with Crippen molar-refractivity contribution in [2.24, 2.45) is 0 Å². The van der Waals surface area contributed by atoms with Crippen LogP contribution in [0.25, 0.3) is 21.8 Å². The van der Waals surface area contributed by atoms with Crippen LogP contribution in [-0.2, 0) is 13.0 Å². The topological polar surface area (TPSA) is 70.7 Å². The Morgan fingerprint density at radius 2 is 1.57 bits per heavy atom. The average Bonchev–Trinajstić information content (AvgIpc) is 2.98. The van der Waals surface area contributed by atoms with Gasteiger partial charge in [-0.15, -0.1) is 0 Å². The van der Waals surface area contributed by atoms with Gasteiger partial charge in [-0.25, -0.2) is 4.79 Å². The van der Waals surface area contributed by atoms with Crippen LogP contribution in [0.5, 0.6) is 0 Å². The maximum atomic E-state index is 12.5. The van der Waals surface area contributed by atoms with E-state index in [9.17, 15) is 9.59 Å². The van der Waals surface area contributed by atoms with Gasteiger partial charge in [0.1, 0.15) is 0 Å². The smallest absolute Gasteiger partial charge is 0.328 e. The van der Waals surface area contributed by atoms with Gasteiger partial charge in [-0.2, -0.15) is 0 Å². The fourth-order valence-electron chi connectivity index (χ4n) is 2.97. The molecule has 4 aromatic rings. The summed E-state index contributed by atoms with van der Waals surface area (Å²) in [7, 11) is 0. The summed E-state index contributed by atoms with van der Waals surface area (Å²) >= 11 is 0. The van der Waals surface area contributed by atoms with Crippen molar-refractivity contribution in [3.8, 4) is 0 Å². The molecule has 0 aliphatic heterocycles. The molecule has 0 unspecified atom stereocenters. The number of benzene rings is 2. The maximum absolute atomic E-state index is 12.5. The van der Waals surface area contributed by atoms with Crippen LogP contribution in [0.2, 0.25) is 0 Å². The monoisotopic (exact) mass is 305 g/mol. The Balaban J connectivity index is 1.73. The van der Waals surface area contributed by atoms with E-state index in [2.05, 4.69) is 9.97 Å². The molecule has 0 aliphatic carbocycles. The number of aromatic nitrogens is 3. The van der Waals surface area contributed by atoms with Gasteiger partial charge in [-0.3, -0.25) is 9.36 Å². The highest BCUT2D eigenvalue weighted by Crippen LogP contribution is 2.18. The standard InChI is InChI=1S/C18H15N3O2/c22-17-14-6-2-4-8-16(14)20-18(23)21(17)10-9-12-11-19-15-7-3-1-5-13(12)15/h1-8,11,19H,9-10H2,(H,20,23). The molecule has 0 spiro atoms. The third kappa shape index (κ3) is 2.26. The van der Waals surface area contributed by atoms with Crippen molar-refractivity contribution < 1.29 is 0 Å². The van der Waals surface area contributed by atoms with E-state index in [4.69, 9.17) is 0 Å². The van der Waals surface area contributed by atoms with Gasteiger partial charge >= 0.3 is 5.69 Å². The summed E-state index contributed by atoms with van der Waals surface area (Å²) in [6, 6.07) is 15.1. The van der Waals surface area contributed by atoms with E-state index >= 15 is 0 Å². The van der Waals surface area contributed by atoms with E-state index in [1.54, 1.807) is 24.3 Å². The van der Waals surface area contributed by atoms with Crippen LogP contribution in [0.15, 0.2) is 64.3 Å². The molecule has 2 N–H and O–H groups in total. The lowest BCUT2D eigenvalue weighted by Gasteiger charge is -2.06. The summed E-state index contributed by atoms with van der Waals surface area (Å²) in [5.74, 6) is 0. The molecule has 5 heteroatoms. The van der Waals surface area contributed by atoms with Crippen LogP contribution >= 0.6 is 0 Å². The summed E-state index contributed by atoms with van der Waals surface area (Å²) in [5.41, 5.74) is 2.12. The summed E-state index contributed by atoms with van der Waals surface area (Å²) in [4.78, 5) is 30.7. The molecule has 0 fully saturated rings. The summed E-state index contributed by atoms with van der Waals surface area (Å²) in [6.45, 7) is 0.348. The van der Waals surface area contributed by atoms with Crippen LogP contribution < -0.4 is 11.2 Å². The second-order valence-corrected chi connectivity index (χ2v) is 5.54. The van der Waals surface area contributed by atoms with Gasteiger partial charge in [0.15, 0.2) is 0 Å². The number of aryl methyl sites for hydroxylation is 1. The maximum Gasteiger partial charge on any atom is 0.328 e. The highest BCUT2D eigenvalue weighted by atomic mass is 16.2. The van der Waals surface area contributed by atoms with Crippen molar-refractivity contribution in [1.29, 1.82) is 0 Å². The Bertz CT molecular complexity index is 1120. The van der Waals surface area contributed by atoms with Crippen molar-refractivity contribution in [1.82, 2.24) is 14.5 Å². The number of nitrogens with zero attached hydrogens (tertiary/aromatic N) is 1. The van der Waals surface area contributed by atoms with E-state index in [0.29, 0.717) is 23.9 Å². The first-order chi connectivity index (χ1) is 11.2. The zero-order valence-electron chi connectivity index (χ0n) is 12.4. The molecule has 23 heavy (non-hydrogen) atoms. The first kappa shape index (κ1) is 13.6. The minimum Gasteiger partial charge on any atom is -0.361 e. The Hall–Kier alpha value is -3.08. The molecule has 0 saturated heterocycles. The second kappa shape index (κ2) is 5.28. The van der Waals surface area contributed by atoms with Crippen LogP contribution in [0.1, 0.15) is 5.56 Å². The molecule has 0 bridgehead atoms. The molecular formula is C18H15N3O2. The highest BCUT2D eigenvalue weighted by Gasteiger charge is 2.09. The molecule has 2 aromatic heterocycles. The van der Waals surface area contributed by atoms with Gasteiger partial charge in [0.05, 0.1) is 10.9 Å². The highest BCUT2D eigenvalue weighted by molar-refractivity contribution is 5.83. The Labute approximate surface area is 131 Å². The lowest BCUT2D eigenvalue weighted by atomic mass is 10.1. The minimum atomic E-state index is -0.367. The normalized spacial score (nSPS) is 11.3. The van der Waals surface area contributed by atoms with Crippen LogP contribution in [0.4, 0.5) is 0 Å². The van der Waals surface area contributed by atoms with Gasteiger partial charge in [-0.05, 0) is 30.2 Å². The summed E-state index contributed by atoms with van der Waals surface area (Å²) < 4.78 is 1.27. The quantitative estimate of drug-likeness (QED) is 0.610. The number of H-pyrrole nitrogens is 2. The predicted octanol–water partition coefficient (Wildman–Crippen LogP) is 2.41. The van der Waals surface area contributed by atoms with Crippen LogP contribution in [-0.4, -0.2) is 14.5 Å². The van der Waals surface area contributed by atoms with Crippen LogP contribution in [0.3, 0.4) is 0 Å². The largest absolute Gasteiger partial charge is 0.361 e. The van der Waals surface area contributed by atoms with Crippen molar-refractivity contribution in [2.75, 3.05) is 0 Å². The number of rotatable bonds is 3. The van der Waals surface area contributed by atoms with E-state index in [0.717, 1.165) is 16.5 Å². The van der Waals surface area contributed by atoms with Gasteiger partial charge in [0, 0.05) is 23.6 Å². The number of para-hydroxylation sites is 2. The van der Waals surface area contributed by atoms with E-state index in [-0.39, 0.29) is 11.2 Å². The fraction of sp³-hybridized carbons (Fsp3) is 0.111. The molecule has 0 saturated carbocycles. The molecule has 0 atom stereocenters. The molecule has 2 heterocycles. The number of fused-ring (bicyclic) bond motifs is 2. The third-order valence-electron chi connectivity index (χ3n) is 4.17. The lowest BCUT2D eigenvalue weighted by molar-refractivity contribution is 0.638. The average molecular weight is 305 g/mol. The zero-order valence-corrected chi connectivity index (χ0v) is 12.4. The van der Waals surface area contributed by atoms with Gasteiger partial charge in [0.25, 0.3) is 5.56 Å². The first-order valence-electron chi connectivity index (χ1n) is 7.51. The molecule has 4 rings (SSSR count). The number of nitrogens with one attached hydrogen (secondary N) is 2. The fourth-order valence-corrected chi connectivity index (χ4v) is 2.97. The zero-order chi connectivity index (χ0) is 15.8. The summed E-state index contributed by atoms with van der Waals surface area (Å²) in [5, 5.41) is 1.66. The van der Waals surface area contributed by atoms with E-state index in [1.165, 1.54) is 4.57 Å². The van der Waals surface area contributed by atoms with Crippen molar-refractivity contribution in [2.45, 2.75) is 13.0 Å². The Morgan fingerprint density at radius 1 is 0.870 bits per heavy atom.